The molecule has 1 atom stereocenters. The molecule has 4 nitrogen and oxygen atoms in total. The quantitative estimate of drug-likeness (QED) is 0.692. The predicted molar refractivity (Wildman–Crippen MR) is 60.7 cm³/mol. The zero-order valence-electron chi connectivity index (χ0n) is 8.67. The van der Waals surface area contributed by atoms with Gasteiger partial charge in [0.15, 0.2) is 6.10 Å². The number of carboxylic acids is 1. The Balaban J connectivity index is 3.07. The lowest BCUT2D eigenvalue weighted by Gasteiger charge is -2.09. The van der Waals surface area contributed by atoms with Crippen LogP contribution in [-0.2, 0) is 16.0 Å². The molecule has 0 amide bonds. The second-order valence-electron chi connectivity index (χ2n) is 3.55. The first-order valence-electron chi connectivity index (χ1n) is 4.63. The fourth-order valence-electron chi connectivity index (χ4n) is 1.39. The molecule has 1 unspecified atom stereocenters. The van der Waals surface area contributed by atoms with Crippen molar-refractivity contribution >= 4 is 24.4 Å². The molecule has 0 aromatic heterocycles. The standard InChI is InChI=1S/C11H12O4S/c1-6(12)2-7-3-8(5-9(16)4-7)10(13)11(14)15/h3-5,10,13,16H,2H2,1H3,(H,14,15). The molecular weight excluding hydrogens is 228 g/mol. The largest absolute Gasteiger partial charge is 0.479 e. The Bertz CT molecular complexity index is 428. The third-order valence-corrected chi connectivity index (χ3v) is 2.26. The number of carbonyl (C=O) groups is 2. The van der Waals surface area contributed by atoms with Crippen molar-refractivity contribution in [2.75, 3.05) is 0 Å². The van der Waals surface area contributed by atoms with Gasteiger partial charge in [-0.15, -0.1) is 12.6 Å². The molecule has 5 heteroatoms. The number of aliphatic hydroxyl groups excluding tert-OH is 1. The summed E-state index contributed by atoms with van der Waals surface area (Å²) in [5.74, 6) is -1.36. The Morgan fingerprint density at radius 2 is 2.00 bits per heavy atom. The van der Waals surface area contributed by atoms with E-state index in [1.54, 1.807) is 6.07 Å². The lowest BCUT2D eigenvalue weighted by atomic mass is 10.0. The van der Waals surface area contributed by atoms with Gasteiger partial charge in [0.1, 0.15) is 5.78 Å². The minimum Gasteiger partial charge on any atom is -0.479 e. The number of carbonyl (C=O) groups excluding carboxylic acids is 1. The molecule has 1 aromatic rings. The van der Waals surface area contributed by atoms with E-state index in [-0.39, 0.29) is 17.8 Å². The van der Waals surface area contributed by atoms with Gasteiger partial charge in [0.05, 0.1) is 0 Å². The molecule has 0 fully saturated rings. The first-order chi connectivity index (χ1) is 7.40. The number of aliphatic hydroxyl groups is 1. The molecule has 2 N–H and O–H groups in total. The number of benzene rings is 1. The lowest BCUT2D eigenvalue weighted by Crippen LogP contribution is -2.11. The van der Waals surface area contributed by atoms with Crippen molar-refractivity contribution in [3.63, 3.8) is 0 Å². The maximum absolute atomic E-state index is 10.9. The number of rotatable bonds is 4. The summed E-state index contributed by atoms with van der Waals surface area (Å²) in [6.07, 6.45) is -1.38. The summed E-state index contributed by atoms with van der Waals surface area (Å²) in [5, 5.41) is 18.0. The number of thiol groups is 1. The van der Waals surface area contributed by atoms with Gasteiger partial charge < -0.3 is 10.2 Å². The van der Waals surface area contributed by atoms with Gasteiger partial charge in [-0.1, -0.05) is 6.07 Å². The van der Waals surface area contributed by atoms with Gasteiger partial charge >= 0.3 is 5.97 Å². The molecule has 0 bridgehead atoms. The van der Waals surface area contributed by atoms with E-state index in [4.69, 9.17) is 5.11 Å². The summed E-state index contributed by atoms with van der Waals surface area (Å²) in [4.78, 5) is 22.1. The van der Waals surface area contributed by atoms with E-state index in [9.17, 15) is 14.7 Å². The number of aliphatic carboxylic acids is 1. The first kappa shape index (κ1) is 12.7. The maximum atomic E-state index is 10.9. The van der Waals surface area contributed by atoms with Crippen LogP contribution in [0.3, 0.4) is 0 Å². The highest BCUT2D eigenvalue weighted by Gasteiger charge is 2.16. The van der Waals surface area contributed by atoms with Crippen molar-refractivity contribution in [2.45, 2.75) is 24.3 Å². The van der Waals surface area contributed by atoms with Crippen molar-refractivity contribution in [3.05, 3.63) is 29.3 Å². The van der Waals surface area contributed by atoms with Crippen molar-refractivity contribution in [3.8, 4) is 0 Å². The predicted octanol–water partition coefficient (Wildman–Crippen LogP) is 1.22. The van der Waals surface area contributed by atoms with E-state index in [1.807, 2.05) is 0 Å². The van der Waals surface area contributed by atoms with E-state index in [1.165, 1.54) is 19.1 Å². The van der Waals surface area contributed by atoms with Gasteiger partial charge in [-0.25, -0.2) is 4.79 Å². The fourth-order valence-corrected chi connectivity index (χ4v) is 1.70. The molecule has 0 aliphatic carbocycles. The third kappa shape index (κ3) is 3.36. The van der Waals surface area contributed by atoms with Gasteiger partial charge in [-0.05, 0) is 30.2 Å². The lowest BCUT2D eigenvalue weighted by molar-refractivity contribution is -0.146. The number of carboxylic acid groups (broad SMARTS) is 1. The summed E-state index contributed by atoms with van der Waals surface area (Å²) in [7, 11) is 0. The summed E-state index contributed by atoms with van der Waals surface area (Å²) >= 11 is 4.09. The summed E-state index contributed by atoms with van der Waals surface area (Å²) < 4.78 is 0. The van der Waals surface area contributed by atoms with Crippen LogP contribution in [0.25, 0.3) is 0 Å². The Morgan fingerprint density at radius 1 is 1.38 bits per heavy atom. The molecule has 0 heterocycles. The summed E-state index contributed by atoms with van der Waals surface area (Å²) in [6.45, 7) is 1.44. The Morgan fingerprint density at radius 3 is 2.50 bits per heavy atom. The molecule has 0 aliphatic rings. The minimum atomic E-state index is -1.59. The molecular formula is C11H12O4S. The zero-order chi connectivity index (χ0) is 12.3. The van der Waals surface area contributed by atoms with Crippen LogP contribution < -0.4 is 0 Å². The second kappa shape index (κ2) is 5.14. The van der Waals surface area contributed by atoms with Gasteiger partial charge in [0.2, 0.25) is 0 Å². The van der Waals surface area contributed by atoms with Crippen molar-refractivity contribution in [1.82, 2.24) is 0 Å². The monoisotopic (exact) mass is 240 g/mol. The highest BCUT2D eigenvalue weighted by Crippen LogP contribution is 2.20. The smallest absolute Gasteiger partial charge is 0.337 e. The average Bonchev–Trinajstić information content (AvgIpc) is 2.14. The molecule has 16 heavy (non-hydrogen) atoms. The van der Waals surface area contributed by atoms with Crippen molar-refractivity contribution in [2.24, 2.45) is 0 Å². The van der Waals surface area contributed by atoms with Gasteiger partial charge in [0.25, 0.3) is 0 Å². The molecule has 0 saturated heterocycles. The Labute approximate surface area is 98.3 Å². The zero-order valence-corrected chi connectivity index (χ0v) is 9.57. The molecule has 0 aliphatic heterocycles. The van der Waals surface area contributed by atoms with Crippen LogP contribution >= 0.6 is 12.6 Å². The Kier molecular flexibility index (Phi) is 4.09. The number of Topliss-reactive ketones (excluding diaryl/α,β-unsaturated/α-hetero) is 1. The first-order valence-corrected chi connectivity index (χ1v) is 5.08. The van der Waals surface area contributed by atoms with Crippen LogP contribution in [0.5, 0.6) is 0 Å². The minimum absolute atomic E-state index is 0.0327. The van der Waals surface area contributed by atoms with E-state index in [0.29, 0.717) is 10.5 Å². The summed E-state index contributed by atoms with van der Waals surface area (Å²) in [6, 6.07) is 4.63. The van der Waals surface area contributed by atoms with Gasteiger partial charge in [-0.3, -0.25) is 4.79 Å². The molecule has 86 valence electrons. The molecule has 0 radical (unpaired) electrons. The van der Waals surface area contributed by atoms with Gasteiger partial charge in [-0.2, -0.15) is 0 Å². The number of hydrogen-bond donors (Lipinski definition) is 3. The molecule has 0 saturated carbocycles. The number of ketones is 1. The van der Waals surface area contributed by atoms with Crippen LogP contribution in [0.4, 0.5) is 0 Å². The van der Waals surface area contributed by atoms with E-state index in [2.05, 4.69) is 12.6 Å². The summed E-state index contributed by atoms with van der Waals surface area (Å²) in [5.41, 5.74) is 0.881. The van der Waals surface area contributed by atoms with Crippen molar-refractivity contribution in [1.29, 1.82) is 0 Å². The number of hydrogen-bond acceptors (Lipinski definition) is 4. The van der Waals surface area contributed by atoms with Crippen LogP contribution in [-0.4, -0.2) is 22.0 Å². The molecule has 0 spiro atoms. The van der Waals surface area contributed by atoms with Crippen LogP contribution in [0.2, 0.25) is 0 Å². The van der Waals surface area contributed by atoms with E-state index < -0.39 is 12.1 Å². The van der Waals surface area contributed by atoms with Crippen LogP contribution in [0, 0.1) is 0 Å². The van der Waals surface area contributed by atoms with Gasteiger partial charge in [0, 0.05) is 11.3 Å². The maximum Gasteiger partial charge on any atom is 0.337 e. The molecule has 1 rings (SSSR count). The van der Waals surface area contributed by atoms with E-state index >= 15 is 0 Å². The fraction of sp³-hybridized carbons (Fsp3) is 0.273. The Hall–Kier alpha value is -1.33. The third-order valence-electron chi connectivity index (χ3n) is 2.00. The van der Waals surface area contributed by atoms with Crippen LogP contribution in [0.15, 0.2) is 23.1 Å². The average molecular weight is 240 g/mol. The highest BCUT2D eigenvalue weighted by atomic mass is 32.1. The van der Waals surface area contributed by atoms with Crippen molar-refractivity contribution < 1.29 is 19.8 Å². The SMILES string of the molecule is CC(=O)Cc1cc(S)cc(C(O)C(=O)O)c1. The topological polar surface area (TPSA) is 74.6 Å². The molecule has 1 aromatic carbocycles. The highest BCUT2D eigenvalue weighted by molar-refractivity contribution is 7.80. The van der Waals surface area contributed by atoms with E-state index in [0.717, 1.165) is 0 Å². The second-order valence-corrected chi connectivity index (χ2v) is 4.07. The normalized spacial score (nSPS) is 12.2. The van der Waals surface area contributed by atoms with Crippen LogP contribution in [0.1, 0.15) is 24.2 Å².